The van der Waals surface area contributed by atoms with E-state index in [1.807, 2.05) is 23.6 Å². The number of rotatable bonds is 1. The van der Waals surface area contributed by atoms with Gasteiger partial charge in [0.2, 0.25) is 5.43 Å². The topological polar surface area (TPSA) is 59.3 Å². The van der Waals surface area contributed by atoms with Crippen molar-refractivity contribution in [2.75, 3.05) is 0 Å². The van der Waals surface area contributed by atoms with Crippen LogP contribution in [0.3, 0.4) is 0 Å². The summed E-state index contributed by atoms with van der Waals surface area (Å²) in [5, 5.41) is 10.3. The van der Waals surface area contributed by atoms with E-state index in [2.05, 4.69) is 0 Å². The fourth-order valence-corrected chi connectivity index (χ4v) is 3.32. The molecular weight excluding hydrogens is 238 g/mol. The van der Waals surface area contributed by atoms with Crippen LogP contribution in [-0.2, 0) is 0 Å². The summed E-state index contributed by atoms with van der Waals surface area (Å²) in [6.07, 6.45) is 0. The van der Waals surface area contributed by atoms with Gasteiger partial charge in [0.25, 0.3) is 0 Å². The van der Waals surface area contributed by atoms with Gasteiger partial charge < -0.3 is 9.67 Å². The SMILES string of the molecule is CC1Sc2c(C(=O)O)c(=O)c3ccccc3n21. The zero-order valence-corrected chi connectivity index (χ0v) is 9.82. The lowest BCUT2D eigenvalue weighted by Gasteiger charge is -2.32. The molecule has 0 amide bonds. The molecule has 4 nitrogen and oxygen atoms in total. The minimum atomic E-state index is -1.15. The number of benzene rings is 1. The van der Waals surface area contributed by atoms with Crippen molar-refractivity contribution in [3.63, 3.8) is 0 Å². The van der Waals surface area contributed by atoms with Crippen LogP contribution >= 0.6 is 11.8 Å². The molecule has 0 radical (unpaired) electrons. The summed E-state index contributed by atoms with van der Waals surface area (Å²) in [6.45, 7) is 1.99. The molecule has 0 saturated heterocycles. The predicted octanol–water partition coefficient (Wildman–Crippen LogP) is 2.32. The molecule has 1 aliphatic rings. The Kier molecular flexibility index (Phi) is 2.06. The van der Waals surface area contributed by atoms with E-state index in [1.54, 1.807) is 12.1 Å². The number of hydrogen-bond donors (Lipinski definition) is 1. The van der Waals surface area contributed by atoms with Gasteiger partial charge in [-0.25, -0.2) is 4.79 Å². The van der Waals surface area contributed by atoms with Gasteiger partial charge in [-0.05, 0) is 19.1 Å². The molecule has 1 aromatic carbocycles. The van der Waals surface area contributed by atoms with E-state index in [1.165, 1.54) is 11.8 Å². The highest BCUT2D eigenvalue weighted by Gasteiger charge is 2.32. The molecule has 86 valence electrons. The van der Waals surface area contributed by atoms with Crippen LogP contribution in [0.2, 0.25) is 0 Å². The standard InChI is InChI=1S/C12H9NO3S/c1-6-13-8-5-3-2-4-7(8)10(14)9(12(15)16)11(13)17-6/h2-6H,1H3,(H,15,16). The Labute approximate surface area is 101 Å². The minimum Gasteiger partial charge on any atom is -0.477 e. The molecular formula is C12H9NO3S. The first-order valence-electron chi connectivity index (χ1n) is 5.18. The summed E-state index contributed by atoms with van der Waals surface area (Å²) < 4.78 is 1.91. The maximum atomic E-state index is 12.1. The Morgan fingerprint density at radius 1 is 1.41 bits per heavy atom. The Morgan fingerprint density at radius 3 is 2.76 bits per heavy atom. The van der Waals surface area contributed by atoms with Crippen molar-refractivity contribution in [1.82, 2.24) is 4.57 Å². The summed E-state index contributed by atoms with van der Waals surface area (Å²) in [5.74, 6) is -1.15. The van der Waals surface area contributed by atoms with Gasteiger partial charge >= 0.3 is 5.97 Å². The van der Waals surface area contributed by atoms with E-state index in [0.29, 0.717) is 10.4 Å². The highest BCUT2D eigenvalue weighted by Crippen LogP contribution is 2.45. The number of carboxylic acids is 1. The molecule has 0 fully saturated rings. The smallest absolute Gasteiger partial charge is 0.342 e. The third-order valence-electron chi connectivity index (χ3n) is 2.93. The van der Waals surface area contributed by atoms with Crippen LogP contribution in [0.4, 0.5) is 0 Å². The van der Waals surface area contributed by atoms with Crippen molar-refractivity contribution >= 4 is 28.6 Å². The number of carboxylic acid groups (broad SMARTS) is 1. The Hall–Kier alpha value is -1.75. The second kappa shape index (κ2) is 3.37. The van der Waals surface area contributed by atoms with Gasteiger partial charge in [-0.2, -0.15) is 0 Å². The van der Waals surface area contributed by atoms with Crippen LogP contribution < -0.4 is 5.43 Å². The minimum absolute atomic E-state index is 0.105. The maximum absolute atomic E-state index is 12.1. The number of aromatic carboxylic acids is 1. The van der Waals surface area contributed by atoms with E-state index in [9.17, 15) is 9.59 Å². The monoisotopic (exact) mass is 247 g/mol. The first-order chi connectivity index (χ1) is 8.11. The Morgan fingerprint density at radius 2 is 2.12 bits per heavy atom. The van der Waals surface area contributed by atoms with Gasteiger partial charge in [-0.1, -0.05) is 23.9 Å². The van der Waals surface area contributed by atoms with Crippen LogP contribution in [0.15, 0.2) is 34.1 Å². The zero-order valence-electron chi connectivity index (χ0n) is 9.01. The van der Waals surface area contributed by atoms with E-state index < -0.39 is 11.4 Å². The molecule has 1 N–H and O–H groups in total. The van der Waals surface area contributed by atoms with Gasteiger partial charge in [-0.15, -0.1) is 0 Å². The van der Waals surface area contributed by atoms with Gasteiger partial charge in [0.05, 0.1) is 15.9 Å². The highest BCUT2D eigenvalue weighted by atomic mass is 32.2. The van der Waals surface area contributed by atoms with Crippen molar-refractivity contribution in [3.05, 3.63) is 40.1 Å². The number of carbonyl (C=O) groups is 1. The maximum Gasteiger partial charge on any atom is 0.342 e. The van der Waals surface area contributed by atoms with Crippen LogP contribution in [-0.4, -0.2) is 15.6 Å². The molecule has 1 aliphatic heterocycles. The molecule has 0 spiro atoms. The van der Waals surface area contributed by atoms with Gasteiger partial charge in [0.1, 0.15) is 5.56 Å². The fourth-order valence-electron chi connectivity index (χ4n) is 2.17. The second-order valence-corrected chi connectivity index (χ2v) is 5.22. The quantitative estimate of drug-likeness (QED) is 0.840. The predicted molar refractivity (Wildman–Crippen MR) is 65.7 cm³/mol. The lowest BCUT2D eigenvalue weighted by atomic mass is 10.1. The first kappa shape index (κ1) is 10.4. The molecule has 1 atom stereocenters. The van der Waals surface area contributed by atoms with Gasteiger partial charge in [0.15, 0.2) is 0 Å². The van der Waals surface area contributed by atoms with E-state index in [0.717, 1.165) is 5.52 Å². The van der Waals surface area contributed by atoms with Crippen molar-refractivity contribution < 1.29 is 9.90 Å². The molecule has 1 aromatic heterocycles. The number of pyridine rings is 1. The number of para-hydroxylation sites is 1. The molecule has 1 unspecified atom stereocenters. The number of aromatic nitrogens is 1. The van der Waals surface area contributed by atoms with E-state index >= 15 is 0 Å². The summed E-state index contributed by atoms with van der Waals surface area (Å²) in [7, 11) is 0. The van der Waals surface area contributed by atoms with Crippen LogP contribution in [0.5, 0.6) is 0 Å². The Balaban J connectivity index is 2.54. The molecule has 0 aliphatic carbocycles. The number of thioether (sulfide) groups is 1. The molecule has 2 aromatic rings. The van der Waals surface area contributed by atoms with Crippen molar-refractivity contribution in [1.29, 1.82) is 0 Å². The molecule has 17 heavy (non-hydrogen) atoms. The van der Waals surface area contributed by atoms with Crippen LogP contribution in [0.25, 0.3) is 10.9 Å². The molecule has 2 heterocycles. The van der Waals surface area contributed by atoms with E-state index in [-0.39, 0.29) is 10.9 Å². The average Bonchev–Trinajstić information content (AvgIpc) is 2.27. The largest absolute Gasteiger partial charge is 0.477 e. The number of hydrogen-bond acceptors (Lipinski definition) is 3. The van der Waals surface area contributed by atoms with Gasteiger partial charge in [0, 0.05) is 5.39 Å². The molecule has 0 saturated carbocycles. The molecule has 0 bridgehead atoms. The lowest BCUT2D eigenvalue weighted by Crippen LogP contribution is -2.27. The third kappa shape index (κ3) is 1.26. The zero-order chi connectivity index (χ0) is 12.2. The van der Waals surface area contributed by atoms with Crippen molar-refractivity contribution in [2.24, 2.45) is 0 Å². The van der Waals surface area contributed by atoms with Crippen molar-refractivity contribution in [2.45, 2.75) is 17.3 Å². The summed E-state index contributed by atoms with van der Waals surface area (Å²) in [5.41, 5.74) is 0.314. The number of fused-ring (bicyclic) bond motifs is 3. The van der Waals surface area contributed by atoms with Crippen molar-refractivity contribution in [3.8, 4) is 0 Å². The summed E-state index contributed by atoms with van der Waals surface area (Å²) in [4.78, 5) is 23.2. The van der Waals surface area contributed by atoms with E-state index in [4.69, 9.17) is 5.11 Å². The number of nitrogens with zero attached hydrogens (tertiary/aromatic N) is 1. The summed E-state index contributed by atoms with van der Waals surface area (Å²) in [6, 6.07) is 7.12. The fraction of sp³-hybridized carbons (Fsp3) is 0.167. The van der Waals surface area contributed by atoms with Crippen LogP contribution in [0.1, 0.15) is 22.7 Å². The Bertz CT molecular complexity index is 705. The molecule has 3 rings (SSSR count). The first-order valence-corrected chi connectivity index (χ1v) is 6.06. The average molecular weight is 247 g/mol. The van der Waals surface area contributed by atoms with Crippen LogP contribution in [0, 0.1) is 0 Å². The summed E-state index contributed by atoms with van der Waals surface area (Å²) >= 11 is 1.42. The lowest BCUT2D eigenvalue weighted by molar-refractivity contribution is 0.0689. The molecule has 5 heteroatoms. The second-order valence-electron chi connectivity index (χ2n) is 3.92. The third-order valence-corrected chi connectivity index (χ3v) is 4.10. The highest BCUT2D eigenvalue weighted by molar-refractivity contribution is 8.00. The normalized spacial score (nSPS) is 17.6. The van der Waals surface area contributed by atoms with Gasteiger partial charge in [-0.3, -0.25) is 4.79 Å².